The molecule has 0 bridgehead atoms. The monoisotopic (exact) mass is 592 g/mol. The zero-order chi connectivity index (χ0) is 30.3. The predicted molar refractivity (Wildman–Crippen MR) is 142 cm³/mol. The number of aromatic hydroxyl groups is 1. The second kappa shape index (κ2) is 12.1. The Kier molecular flexibility index (Phi) is 8.71. The number of hydrogen-bond donors (Lipinski definition) is 7. The molecule has 3 aromatic rings. The SMILES string of the molecule is COc1ccc(-c2coc3c(O)c(O[C@@H]4O[C@H](CO)[C@H](O)[C@H](O)[C@H]4O[C@@H]4O[C@@H](C)[C@H](O)[C@H](O)[C@H]4O)ccc3c2=O)cc1. The van der Waals surface area contributed by atoms with E-state index in [-0.39, 0.29) is 22.3 Å². The maximum absolute atomic E-state index is 13.2. The third-order valence-corrected chi connectivity index (χ3v) is 7.45. The molecule has 0 radical (unpaired) electrons. The highest BCUT2D eigenvalue weighted by atomic mass is 16.8. The summed E-state index contributed by atoms with van der Waals surface area (Å²) in [5.74, 6) is -0.254. The van der Waals surface area contributed by atoms with Crippen LogP contribution in [0.3, 0.4) is 0 Å². The first-order valence-electron chi connectivity index (χ1n) is 13.1. The summed E-state index contributed by atoms with van der Waals surface area (Å²) in [5, 5.41) is 72.4. The molecule has 7 N–H and O–H groups in total. The summed E-state index contributed by atoms with van der Waals surface area (Å²) in [5.41, 5.74) is 0.149. The molecule has 2 aliphatic heterocycles. The third-order valence-electron chi connectivity index (χ3n) is 7.45. The Morgan fingerprint density at radius 2 is 1.57 bits per heavy atom. The average Bonchev–Trinajstić information content (AvgIpc) is 2.99. The molecule has 228 valence electrons. The van der Waals surface area contributed by atoms with Crippen molar-refractivity contribution < 1.29 is 63.8 Å². The van der Waals surface area contributed by atoms with Crippen LogP contribution in [0.2, 0.25) is 0 Å². The van der Waals surface area contributed by atoms with Crippen molar-refractivity contribution in [2.45, 2.75) is 68.3 Å². The van der Waals surface area contributed by atoms with Crippen LogP contribution in [0.4, 0.5) is 0 Å². The molecule has 14 heteroatoms. The lowest BCUT2D eigenvalue weighted by Gasteiger charge is -2.45. The topological polar surface area (TPSA) is 218 Å². The van der Waals surface area contributed by atoms with Gasteiger partial charge in [0, 0.05) is 0 Å². The number of ether oxygens (including phenoxy) is 5. The van der Waals surface area contributed by atoms with Gasteiger partial charge in [-0.1, -0.05) is 12.1 Å². The van der Waals surface area contributed by atoms with E-state index in [1.165, 1.54) is 32.4 Å². The minimum atomic E-state index is -1.76. The van der Waals surface area contributed by atoms with Crippen molar-refractivity contribution >= 4 is 11.0 Å². The van der Waals surface area contributed by atoms with Gasteiger partial charge in [-0.25, -0.2) is 0 Å². The molecule has 0 saturated carbocycles. The van der Waals surface area contributed by atoms with E-state index in [0.717, 1.165) is 0 Å². The number of aliphatic hydroxyl groups excluding tert-OH is 6. The first-order valence-corrected chi connectivity index (χ1v) is 13.1. The molecule has 42 heavy (non-hydrogen) atoms. The first kappa shape index (κ1) is 30.2. The van der Waals surface area contributed by atoms with Gasteiger partial charge in [-0.15, -0.1) is 0 Å². The summed E-state index contributed by atoms with van der Waals surface area (Å²) >= 11 is 0. The van der Waals surface area contributed by atoms with E-state index in [1.807, 2.05) is 0 Å². The molecule has 14 nitrogen and oxygen atoms in total. The molecule has 2 aromatic carbocycles. The summed E-state index contributed by atoms with van der Waals surface area (Å²) in [6.07, 6.45) is -14.2. The van der Waals surface area contributed by atoms with E-state index in [4.69, 9.17) is 28.1 Å². The third kappa shape index (κ3) is 5.44. The highest BCUT2D eigenvalue weighted by molar-refractivity contribution is 5.87. The minimum Gasteiger partial charge on any atom is -0.502 e. The van der Waals surface area contributed by atoms with Crippen LogP contribution >= 0.6 is 0 Å². The van der Waals surface area contributed by atoms with Gasteiger partial charge >= 0.3 is 0 Å². The maximum atomic E-state index is 13.2. The van der Waals surface area contributed by atoms with E-state index >= 15 is 0 Å². The van der Waals surface area contributed by atoms with Crippen molar-refractivity contribution in [1.29, 1.82) is 0 Å². The summed E-state index contributed by atoms with van der Waals surface area (Å²) in [6.45, 7) is 0.706. The van der Waals surface area contributed by atoms with Crippen LogP contribution in [-0.2, 0) is 14.2 Å². The largest absolute Gasteiger partial charge is 0.502 e. The normalized spacial score (nSPS) is 33.4. The number of aliphatic hydroxyl groups is 6. The zero-order valence-corrected chi connectivity index (χ0v) is 22.5. The molecule has 3 heterocycles. The predicted octanol–water partition coefficient (Wildman–Crippen LogP) is -0.795. The summed E-state index contributed by atoms with van der Waals surface area (Å²) in [6, 6.07) is 9.33. The van der Waals surface area contributed by atoms with Crippen LogP contribution in [0.15, 0.2) is 51.9 Å². The van der Waals surface area contributed by atoms with Crippen LogP contribution in [0.1, 0.15) is 6.92 Å². The van der Waals surface area contributed by atoms with Crippen LogP contribution in [0.25, 0.3) is 22.1 Å². The van der Waals surface area contributed by atoms with E-state index in [1.54, 1.807) is 24.3 Å². The van der Waals surface area contributed by atoms with Gasteiger partial charge in [-0.05, 0) is 36.8 Å². The Hall–Kier alpha value is -3.31. The molecular weight excluding hydrogens is 560 g/mol. The molecule has 2 saturated heterocycles. The van der Waals surface area contributed by atoms with Gasteiger partial charge < -0.3 is 63.8 Å². The van der Waals surface area contributed by atoms with Crippen molar-refractivity contribution in [3.05, 3.63) is 52.9 Å². The molecule has 0 aliphatic carbocycles. The van der Waals surface area contributed by atoms with Crippen LogP contribution in [0.5, 0.6) is 17.2 Å². The Morgan fingerprint density at radius 3 is 2.24 bits per heavy atom. The molecule has 1 aromatic heterocycles. The molecule has 2 fully saturated rings. The fourth-order valence-corrected chi connectivity index (χ4v) is 4.93. The van der Waals surface area contributed by atoms with E-state index in [2.05, 4.69) is 0 Å². The molecule has 2 aliphatic rings. The number of hydrogen-bond acceptors (Lipinski definition) is 14. The van der Waals surface area contributed by atoms with Gasteiger partial charge in [-0.2, -0.15) is 0 Å². The standard InChI is InChI=1S/C28H32O14/c1-11-18(30)22(34)24(36)27(39-11)42-26-23(35)20(32)17(9-29)41-28(26)40-16-8-7-14-19(31)15(10-38-25(14)21(16)33)12-3-5-13(37-2)6-4-12/h3-8,10-11,17-18,20,22-24,26-30,32-36H,9H2,1-2H3/t11-,17+,18-,20-,22-,23-,24+,26+,27-,28+/m0/s1. The number of phenolic OH excluding ortho intramolecular Hbond substituents is 1. The number of phenols is 1. The van der Waals surface area contributed by atoms with Crippen molar-refractivity contribution in [2.24, 2.45) is 0 Å². The van der Waals surface area contributed by atoms with Gasteiger partial charge in [0.25, 0.3) is 0 Å². The van der Waals surface area contributed by atoms with Crippen LogP contribution in [0, 0.1) is 0 Å². The number of methoxy groups -OCH3 is 1. The molecule has 0 unspecified atom stereocenters. The fraction of sp³-hybridized carbons (Fsp3) is 0.464. The second-order valence-electron chi connectivity index (χ2n) is 10.1. The van der Waals surface area contributed by atoms with Crippen molar-refractivity contribution in [3.63, 3.8) is 0 Å². The van der Waals surface area contributed by atoms with Crippen molar-refractivity contribution in [2.75, 3.05) is 13.7 Å². The summed E-state index contributed by atoms with van der Waals surface area (Å²) in [7, 11) is 1.52. The number of benzene rings is 2. The van der Waals surface area contributed by atoms with Crippen molar-refractivity contribution in [3.8, 4) is 28.4 Å². The quantitative estimate of drug-likeness (QED) is 0.179. The second-order valence-corrected chi connectivity index (χ2v) is 10.1. The highest BCUT2D eigenvalue weighted by Crippen LogP contribution is 2.38. The van der Waals surface area contributed by atoms with Gasteiger partial charge in [-0.3, -0.25) is 4.79 Å². The number of fused-ring (bicyclic) bond motifs is 1. The fourth-order valence-electron chi connectivity index (χ4n) is 4.93. The van der Waals surface area contributed by atoms with Gasteiger partial charge in [0.1, 0.15) is 48.6 Å². The van der Waals surface area contributed by atoms with Gasteiger partial charge in [0.05, 0.1) is 30.8 Å². The Balaban J connectivity index is 1.45. The van der Waals surface area contributed by atoms with Gasteiger partial charge in [0.15, 0.2) is 23.7 Å². The number of rotatable bonds is 7. The van der Waals surface area contributed by atoms with E-state index < -0.39 is 79.2 Å². The first-order chi connectivity index (χ1) is 20.0. The molecular formula is C28H32O14. The lowest BCUT2D eigenvalue weighted by molar-refractivity contribution is -0.354. The minimum absolute atomic E-state index is 0.0366. The Labute approximate surface area is 238 Å². The Morgan fingerprint density at radius 1 is 0.857 bits per heavy atom. The molecule has 0 spiro atoms. The maximum Gasteiger partial charge on any atom is 0.229 e. The van der Waals surface area contributed by atoms with Crippen LogP contribution < -0.4 is 14.9 Å². The lowest BCUT2D eigenvalue weighted by Crippen LogP contribution is -2.64. The molecule has 5 rings (SSSR count). The summed E-state index contributed by atoms with van der Waals surface area (Å²) < 4.78 is 33.2. The Bertz CT molecular complexity index is 1440. The van der Waals surface area contributed by atoms with Gasteiger partial charge in [0.2, 0.25) is 17.5 Å². The average molecular weight is 593 g/mol. The van der Waals surface area contributed by atoms with Crippen molar-refractivity contribution in [1.82, 2.24) is 0 Å². The van der Waals surface area contributed by atoms with E-state index in [9.17, 15) is 40.5 Å². The highest BCUT2D eigenvalue weighted by Gasteiger charge is 2.51. The molecule has 10 atom stereocenters. The molecule has 0 amide bonds. The smallest absolute Gasteiger partial charge is 0.229 e. The summed E-state index contributed by atoms with van der Waals surface area (Å²) in [4.78, 5) is 13.2. The lowest BCUT2D eigenvalue weighted by atomic mass is 9.97. The van der Waals surface area contributed by atoms with Crippen LogP contribution in [-0.4, -0.2) is 111 Å². The zero-order valence-electron chi connectivity index (χ0n) is 22.5. The van der Waals surface area contributed by atoms with E-state index in [0.29, 0.717) is 11.3 Å².